The summed E-state index contributed by atoms with van der Waals surface area (Å²) in [5.74, 6) is 0.689. The first-order valence-corrected chi connectivity index (χ1v) is 14.2. The average Bonchev–Trinajstić information content (AvgIpc) is 3.51. The van der Waals surface area contributed by atoms with Gasteiger partial charge in [0.1, 0.15) is 6.54 Å². The molecule has 1 saturated heterocycles. The summed E-state index contributed by atoms with van der Waals surface area (Å²) in [4.78, 5) is 16.6. The molecule has 36 heavy (non-hydrogen) atoms. The second-order valence-corrected chi connectivity index (χ2v) is 11.6. The van der Waals surface area contributed by atoms with E-state index in [4.69, 9.17) is 16.3 Å². The Labute approximate surface area is 221 Å². The minimum Gasteiger partial charge on any atom is -0.378 e. The van der Waals surface area contributed by atoms with Crippen molar-refractivity contribution in [2.75, 3.05) is 26.3 Å². The van der Waals surface area contributed by atoms with Gasteiger partial charge in [-0.3, -0.25) is 4.79 Å². The topological polar surface area (TPSA) is 34.5 Å². The third kappa shape index (κ3) is 4.60. The van der Waals surface area contributed by atoms with Crippen LogP contribution >= 0.6 is 22.9 Å². The number of hydrogen-bond donors (Lipinski definition) is 0. The highest BCUT2D eigenvalue weighted by Gasteiger charge is 2.28. The normalized spacial score (nSPS) is 17.1. The van der Waals surface area contributed by atoms with Crippen molar-refractivity contribution in [2.24, 2.45) is 0 Å². The van der Waals surface area contributed by atoms with Crippen molar-refractivity contribution in [3.63, 3.8) is 0 Å². The molecule has 2 aliphatic rings. The Morgan fingerprint density at radius 2 is 1.64 bits per heavy atom. The molecule has 2 aromatic carbocycles. The minimum absolute atomic E-state index is 0.167. The van der Waals surface area contributed by atoms with Gasteiger partial charge in [0.15, 0.2) is 0 Å². The van der Waals surface area contributed by atoms with Gasteiger partial charge in [0.05, 0.1) is 23.2 Å². The third-order valence-corrected chi connectivity index (χ3v) is 8.98. The largest absolute Gasteiger partial charge is 0.378 e. The predicted molar refractivity (Wildman–Crippen MR) is 149 cm³/mol. The molecule has 0 unspecified atom stereocenters. The van der Waals surface area contributed by atoms with Crippen LogP contribution in [0.15, 0.2) is 60.7 Å². The molecule has 4 nitrogen and oxygen atoms in total. The lowest BCUT2D eigenvalue weighted by molar-refractivity contribution is -0.135. The van der Waals surface area contributed by atoms with Crippen molar-refractivity contribution in [2.45, 2.75) is 44.6 Å². The molecule has 3 heterocycles. The number of nitrogens with zero attached hydrogens (tertiary/aromatic N) is 2. The van der Waals surface area contributed by atoms with Crippen LogP contribution in [0.3, 0.4) is 0 Å². The molecular formula is C30H31ClN2O2S. The van der Waals surface area contributed by atoms with Gasteiger partial charge in [0, 0.05) is 28.9 Å². The van der Waals surface area contributed by atoms with E-state index in [-0.39, 0.29) is 5.91 Å². The van der Waals surface area contributed by atoms with Gasteiger partial charge < -0.3 is 14.2 Å². The molecule has 1 aliphatic heterocycles. The summed E-state index contributed by atoms with van der Waals surface area (Å²) in [6.45, 7) is 2.92. The van der Waals surface area contributed by atoms with Crippen LogP contribution in [0.5, 0.6) is 0 Å². The number of rotatable bonds is 5. The molecule has 1 amide bonds. The maximum Gasteiger partial charge on any atom is 0.242 e. The van der Waals surface area contributed by atoms with Crippen LogP contribution in [-0.4, -0.2) is 41.7 Å². The molecule has 0 bridgehead atoms. The number of aromatic nitrogens is 1. The molecule has 2 aromatic heterocycles. The van der Waals surface area contributed by atoms with Crippen LogP contribution < -0.4 is 0 Å². The Morgan fingerprint density at radius 1 is 0.917 bits per heavy atom. The van der Waals surface area contributed by atoms with Crippen molar-refractivity contribution in [3.05, 3.63) is 70.6 Å². The Morgan fingerprint density at radius 3 is 2.36 bits per heavy atom. The summed E-state index contributed by atoms with van der Waals surface area (Å²) < 4.78 is 8.57. The Balaban J connectivity index is 1.47. The fraction of sp³-hybridized carbons (Fsp3) is 0.367. The fourth-order valence-electron chi connectivity index (χ4n) is 5.92. The van der Waals surface area contributed by atoms with Gasteiger partial charge in [-0.05, 0) is 53.6 Å². The highest BCUT2D eigenvalue weighted by Crippen LogP contribution is 2.44. The van der Waals surface area contributed by atoms with E-state index < -0.39 is 0 Å². The molecule has 2 fully saturated rings. The van der Waals surface area contributed by atoms with Crippen molar-refractivity contribution < 1.29 is 9.53 Å². The summed E-state index contributed by atoms with van der Waals surface area (Å²) in [6, 6.07) is 21.5. The Bertz CT molecular complexity index is 1360. The van der Waals surface area contributed by atoms with Gasteiger partial charge in [-0.25, -0.2) is 0 Å². The smallest absolute Gasteiger partial charge is 0.242 e. The molecule has 186 valence electrons. The Kier molecular flexibility index (Phi) is 6.87. The van der Waals surface area contributed by atoms with Gasteiger partial charge in [-0.1, -0.05) is 73.3 Å². The summed E-state index contributed by atoms with van der Waals surface area (Å²) in [5.41, 5.74) is 6.13. The lowest BCUT2D eigenvalue weighted by atomic mass is 9.82. The number of carbonyl (C=O) groups excluding carboxylic acids is 1. The zero-order valence-corrected chi connectivity index (χ0v) is 22.0. The van der Waals surface area contributed by atoms with E-state index in [0.29, 0.717) is 38.8 Å². The predicted octanol–water partition coefficient (Wildman–Crippen LogP) is 7.60. The second kappa shape index (κ2) is 10.4. The molecule has 0 radical (unpaired) electrons. The zero-order valence-electron chi connectivity index (χ0n) is 20.4. The molecular weight excluding hydrogens is 488 g/mol. The molecule has 1 aliphatic carbocycles. The third-order valence-electron chi connectivity index (χ3n) is 7.70. The van der Waals surface area contributed by atoms with Gasteiger partial charge in [0.2, 0.25) is 5.91 Å². The summed E-state index contributed by atoms with van der Waals surface area (Å²) in [5, 5.41) is 1.29. The number of para-hydroxylation sites is 1. The molecule has 6 heteroatoms. The molecule has 0 spiro atoms. The number of ether oxygens (including phenoxy) is 1. The molecule has 0 N–H and O–H groups in total. The molecule has 6 rings (SSSR count). The standard InChI is InChI=1S/C30H31ClN2O2S/c31-27-15-14-26(36-27)21-10-12-23(13-11-21)30-29(22-6-2-1-3-7-22)24-8-4-5-9-25(24)33(30)20-28(34)32-16-18-35-19-17-32/h4-5,8-15,22H,1-3,6-7,16-20H2. The van der Waals surface area contributed by atoms with Crippen LogP contribution in [0, 0.1) is 0 Å². The lowest BCUT2D eigenvalue weighted by Gasteiger charge is -2.28. The monoisotopic (exact) mass is 518 g/mol. The van der Waals surface area contributed by atoms with Gasteiger partial charge in [-0.2, -0.15) is 0 Å². The average molecular weight is 519 g/mol. The number of fused-ring (bicyclic) bond motifs is 1. The maximum atomic E-state index is 13.5. The van der Waals surface area contributed by atoms with Crippen LogP contribution in [-0.2, 0) is 16.1 Å². The molecule has 1 saturated carbocycles. The van der Waals surface area contributed by atoms with E-state index in [1.54, 1.807) is 11.3 Å². The maximum absolute atomic E-state index is 13.5. The van der Waals surface area contributed by atoms with Crippen LogP contribution in [0.4, 0.5) is 0 Å². The summed E-state index contributed by atoms with van der Waals surface area (Å²) in [7, 11) is 0. The van der Waals surface area contributed by atoms with E-state index in [1.165, 1.54) is 64.8 Å². The molecule has 4 aromatic rings. The lowest BCUT2D eigenvalue weighted by Crippen LogP contribution is -2.42. The van der Waals surface area contributed by atoms with Crippen LogP contribution in [0.25, 0.3) is 32.6 Å². The number of carbonyl (C=O) groups is 1. The van der Waals surface area contributed by atoms with E-state index in [1.807, 2.05) is 11.0 Å². The molecule has 0 atom stereocenters. The minimum atomic E-state index is 0.167. The number of thiophene rings is 1. The SMILES string of the molecule is O=C(Cn1c(-c2ccc(-c3ccc(Cl)s3)cc2)c(C2CCCCC2)c2ccccc21)N1CCOCC1. The van der Waals surface area contributed by atoms with Gasteiger partial charge >= 0.3 is 0 Å². The zero-order chi connectivity index (χ0) is 24.5. The van der Waals surface area contributed by atoms with Crippen molar-refractivity contribution in [1.29, 1.82) is 0 Å². The fourth-order valence-corrected chi connectivity index (χ4v) is 6.97. The number of halogens is 1. The van der Waals surface area contributed by atoms with E-state index in [2.05, 4.69) is 59.2 Å². The quantitative estimate of drug-likeness (QED) is 0.272. The highest BCUT2D eigenvalue weighted by molar-refractivity contribution is 7.19. The first-order chi connectivity index (χ1) is 17.7. The van der Waals surface area contributed by atoms with Gasteiger partial charge in [-0.15, -0.1) is 11.3 Å². The Hall–Kier alpha value is -2.60. The van der Waals surface area contributed by atoms with Crippen LogP contribution in [0.2, 0.25) is 4.34 Å². The van der Waals surface area contributed by atoms with Gasteiger partial charge in [0.25, 0.3) is 0 Å². The summed E-state index contributed by atoms with van der Waals surface area (Å²) in [6.07, 6.45) is 6.29. The first-order valence-electron chi connectivity index (χ1n) is 13.0. The highest BCUT2D eigenvalue weighted by atomic mass is 35.5. The number of benzene rings is 2. The number of morpholine rings is 1. The van der Waals surface area contributed by atoms with E-state index >= 15 is 0 Å². The number of hydrogen-bond acceptors (Lipinski definition) is 3. The first kappa shape index (κ1) is 23.8. The van der Waals surface area contributed by atoms with E-state index in [9.17, 15) is 4.79 Å². The van der Waals surface area contributed by atoms with Crippen molar-refractivity contribution >= 4 is 39.7 Å². The number of amides is 1. The summed E-state index contributed by atoms with van der Waals surface area (Å²) >= 11 is 7.79. The van der Waals surface area contributed by atoms with Crippen molar-refractivity contribution in [1.82, 2.24) is 9.47 Å². The van der Waals surface area contributed by atoms with Crippen molar-refractivity contribution in [3.8, 4) is 21.7 Å². The second-order valence-electron chi connectivity index (χ2n) is 9.87. The van der Waals surface area contributed by atoms with E-state index in [0.717, 1.165) is 9.85 Å². The van der Waals surface area contributed by atoms with Crippen LogP contribution in [0.1, 0.15) is 43.6 Å².